The summed E-state index contributed by atoms with van der Waals surface area (Å²) in [5, 5.41) is 0. The Kier molecular flexibility index (Phi) is 2.95. The van der Waals surface area contributed by atoms with Crippen LogP contribution < -0.4 is 4.57 Å². The quantitative estimate of drug-likeness (QED) is 0.495. The molecule has 4 nitrogen and oxygen atoms in total. The molecule has 70 valence electrons. The van der Waals surface area contributed by atoms with E-state index in [9.17, 15) is 9.59 Å². The molecular formula is C9H13N2O2+. The number of nitrogens with zero attached hydrogens (tertiary/aromatic N) is 2. The number of hydrogen-bond acceptors (Lipinski definition) is 2. The Hall–Kier alpha value is -1.45. The fourth-order valence-corrected chi connectivity index (χ4v) is 1.01. The minimum absolute atomic E-state index is 0.180. The Balaban J connectivity index is 2.85. The molecule has 1 aromatic rings. The van der Waals surface area contributed by atoms with Crippen molar-refractivity contribution in [2.24, 2.45) is 0 Å². The van der Waals surface area contributed by atoms with Gasteiger partial charge in [-0.05, 0) is 13.8 Å². The average Bonchev–Trinajstić information content (AvgIpc) is 2.64. The zero-order valence-electron chi connectivity index (χ0n) is 7.75. The molecule has 0 N–H and O–H groups in total. The lowest BCUT2D eigenvalue weighted by Crippen LogP contribution is -2.36. The molecule has 2 unspecified atom stereocenters. The van der Waals surface area contributed by atoms with Crippen molar-refractivity contribution < 1.29 is 14.2 Å². The van der Waals surface area contributed by atoms with E-state index in [-0.39, 0.29) is 12.1 Å². The van der Waals surface area contributed by atoms with E-state index in [4.69, 9.17) is 0 Å². The van der Waals surface area contributed by atoms with Gasteiger partial charge in [-0.3, -0.25) is 9.59 Å². The maximum atomic E-state index is 10.5. The van der Waals surface area contributed by atoms with Gasteiger partial charge < -0.3 is 0 Å². The molecule has 0 saturated heterocycles. The molecule has 0 amide bonds. The van der Waals surface area contributed by atoms with Gasteiger partial charge in [0, 0.05) is 0 Å². The van der Waals surface area contributed by atoms with Gasteiger partial charge in [-0.1, -0.05) is 0 Å². The first-order chi connectivity index (χ1) is 6.19. The predicted octanol–water partition coefficient (Wildman–Crippen LogP) is 0.295. The van der Waals surface area contributed by atoms with Gasteiger partial charge in [0.2, 0.25) is 6.33 Å². The Morgan fingerprint density at radius 3 is 2.54 bits per heavy atom. The van der Waals surface area contributed by atoms with Crippen LogP contribution in [0.2, 0.25) is 0 Å². The SMILES string of the molecule is CC(C=O)n1cc[n+](C(C)C=O)c1. The Morgan fingerprint density at radius 1 is 1.31 bits per heavy atom. The summed E-state index contributed by atoms with van der Waals surface area (Å²) in [6.07, 6.45) is 7.02. The van der Waals surface area contributed by atoms with Crippen molar-refractivity contribution >= 4 is 12.6 Å². The number of hydrogen-bond donors (Lipinski definition) is 0. The number of carbonyl (C=O) groups is 2. The van der Waals surface area contributed by atoms with Gasteiger partial charge >= 0.3 is 0 Å². The number of carbonyl (C=O) groups excluding carboxylic acids is 2. The molecule has 2 atom stereocenters. The maximum Gasteiger partial charge on any atom is 0.244 e. The van der Waals surface area contributed by atoms with Crippen LogP contribution in [0, 0.1) is 0 Å². The van der Waals surface area contributed by atoms with Crippen LogP contribution in [-0.2, 0) is 9.59 Å². The third-order valence-electron chi connectivity index (χ3n) is 2.01. The van der Waals surface area contributed by atoms with E-state index >= 15 is 0 Å². The van der Waals surface area contributed by atoms with Crippen LogP contribution in [0.4, 0.5) is 0 Å². The first kappa shape index (κ1) is 9.64. The molecule has 1 aromatic heterocycles. The molecule has 4 heteroatoms. The van der Waals surface area contributed by atoms with Crippen molar-refractivity contribution in [3.63, 3.8) is 0 Å². The van der Waals surface area contributed by atoms with E-state index < -0.39 is 0 Å². The van der Waals surface area contributed by atoms with Crippen molar-refractivity contribution in [3.8, 4) is 0 Å². The van der Waals surface area contributed by atoms with Gasteiger partial charge in [0.05, 0.1) is 0 Å². The molecule has 0 fully saturated rings. The first-order valence-electron chi connectivity index (χ1n) is 4.18. The van der Waals surface area contributed by atoms with Crippen LogP contribution in [0.15, 0.2) is 18.7 Å². The lowest BCUT2D eigenvalue weighted by molar-refractivity contribution is -0.703. The van der Waals surface area contributed by atoms with E-state index in [0.29, 0.717) is 0 Å². The van der Waals surface area contributed by atoms with E-state index in [1.54, 1.807) is 41.7 Å². The van der Waals surface area contributed by atoms with Gasteiger partial charge in [0.15, 0.2) is 24.7 Å². The van der Waals surface area contributed by atoms with Gasteiger partial charge in [-0.2, -0.15) is 0 Å². The van der Waals surface area contributed by atoms with Crippen LogP contribution >= 0.6 is 0 Å². The minimum atomic E-state index is -0.180. The lowest BCUT2D eigenvalue weighted by atomic mass is 10.4. The summed E-state index contributed by atoms with van der Waals surface area (Å²) < 4.78 is 3.51. The highest BCUT2D eigenvalue weighted by atomic mass is 16.1. The van der Waals surface area contributed by atoms with E-state index in [2.05, 4.69) is 0 Å². The maximum absolute atomic E-state index is 10.5. The zero-order chi connectivity index (χ0) is 9.84. The highest BCUT2D eigenvalue weighted by Crippen LogP contribution is 2.00. The standard InChI is InChI=1S/C9H13N2O2/c1-8(5-12)10-3-4-11(7-10)9(2)6-13/h3-9H,1-2H3/q+1. The van der Waals surface area contributed by atoms with Crippen molar-refractivity contribution in [3.05, 3.63) is 18.7 Å². The molecule has 0 aliphatic heterocycles. The summed E-state index contributed by atoms with van der Waals surface area (Å²) in [5.41, 5.74) is 0. The van der Waals surface area contributed by atoms with Crippen molar-refractivity contribution in [1.82, 2.24) is 4.57 Å². The monoisotopic (exact) mass is 181 g/mol. The summed E-state index contributed by atoms with van der Waals surface area (Å²) in [6.45, 7) is 3.59. The summed E-state index contributed by atoms with van der Waals surface area (Å²) >= 11 is 0. The second-order valence-corrected chi connectivity index (χ2v) is 3.06. The Bertz CT molecular complexity index is 278. The number of imidazole rings is 1. The summed E-state index contributed by atoms with van der Waals surface area (Å²) in [5.74, 6) is 0. The number of aromatic nitrogens is 2. The molecular weight excluding hydrogens is 168 g/mol. The third kappa shape index (κ3) is 2.02. The third-order valence-corrected chi connectivity index (χ3v) is 2.01. The highest BCUT2D eigenvalue weighted by molar-refractivity contribution is 5.54. The second-order valence-electron chi connectivity index (χ2n) is 3.06. The summed E-state index contributed by atoms with van der Waals surface area (Å²) in [4.78, 5) is 20.9. The molecule has 13 heavy (non-hydrogen) atoms. The molecule has 0 radical (unpaired) electrons. The topological polar surface area (TPSA) is 43.0 Å². The van der Waals surface area contributed by atoms with Crippen LogP contribution in [-0.4, -0.2) is 17.1 Å². The van der Waals surface area contributed by atoms with Gasteiger partial charge in [0.1, 0.15) is 12.4 Å². The Morgan fingerprint density at radius 2 is 2.00 bits per heavy atom. The van der Waals surface area contributed by atoms with E-state index in [1.807, 2.05) is 0 Å². The molecule has 0 aromatic carbocycles. The molecule has 0 bridgehead atoms. The highest BCUT2D eigenvalue weighted by Gasteiger charge is 2.13. The van der Waals surface area contributed by atoms with Crippen molar-refractivity contribution in [1.29, 1.82) is 0 Å². The minimum Gasteiger partial charge on any atom is -0.299 e. The molecule has 0 saturated carbocycles. The summed E-state index contributed by atoms with van der Waals surface area (Å²) in [6, 6.07) is -0.361. The van der Waals surface area contributed by atoms with Gasteiger partial charge in [-0.25, -0.2) is 9.13 Å². The Labute approximate surface area is 76.8 Å². The molecule has 1 rings (SSSR count). The normalized spacial score (nSPS) is 14.9. The molecule has 0 aliphatic carbocycles. The first-order valence-corrected chi connectivity index (χ1v) is 4.18. The summed E-state index contributed by atoms with van der Waals surface area (Å²) in [7, 11) is 0. The average molecular weight is 181 g/mol. The fourth-order valence-electron chi connectivity index (χ4n) is 1.01. The largest absolute Gasteiger partial charge is 0.299 e. The van der Waals surface area contributed by atoms with E-state index in [1.165, 1.54) is 0 Å². The van der Waals surface area contributed by atoms with Crippen LogP contribution in [0.3, 0.4) is 0 Å². The van der Waals surface area contributed by atoms with Gasteiger partial charge in [0.25, 0.3) is 0 Å². The zero-order valence-corrected chi connectivity index (χ0v) is 7.75. The number of aldehydes is 2. The molecule has 0 spiro atoms. The van der Waals surface area contributed by atoms with Crippen LogP contribution in [0.5, 0.6) is 0 Å². The number of rotatable bonds is 4. The second kappa shape index (κ2) is 3.98. The van der Waals surface area contributed by atoms with Crippen LogP contribution in [0.1, 0.15) is 25.9 Å². The predicted molar refractivity (Wildman–Crippen MR) is 46.2 cm³/mol. The van der Waals surface area contributed by atoms with Gasteiger partial charge in [-0.15, -0.1) is 0 Å². The lowest BCUT2D eigenvalue weighted by Gasteiger charge is -1.98. The smallest absolute Gasteiger partial charge is 0.244 e. The molecule has 1 heterocycles. The van der Waals surface area contributed by atoms with Crippen molar-refractivity contribution in [2.75, 3.05) is 0 Å². The van der Waals surface area contributed by atoms with Crippen LogP contribution in [0.25, 0.3) is 0 Å². The fraction of sp³-hybridized carbons (Fsp3) is 0.444. The molecule has 0 aliphatic rings. The van der Waals surface area contributed by atoms with E-state index in [0.717, 1.165) is 12.6 Å². The van der Waals surface area contributed by atoms with Crippen molar-refractivity contribution in [2.45, 2.75) is 25.9 Å².